The van der Waals surface area contributed by atoms with Gasteiger partial charge < -0.3 is 15.7 Å². The highest BCUT2D eigenvalue weighted by molar-refractivity contribution is 5.84. The van der Waals surface area contributed by atoms with Crippen LogP contribution in [0.4, 0.5) is 0 Å². The lowest BCUT2D eigenvalue weighted by Crippen LogP contribution is -2.40. The van der Waals surface area contributed by atoms with Crippen LogP contribution in [0.5, 0.6) is 0 Å². The highest BCUT2D eigenvalue weighted by Crippen LogP contribution is 2.27. The van der Waals surface area contributed by atoms with Gasteiger partial charge in [-0.15, -0.1) is 0 Å². The Morgan fingerprint density at radius 1 is 1.09 bits per heavy atom. The minimum atomic E-state index is -0.629. The Bertz CT molecular complexity index is 498. The molecule has 1 unspecified atom stereocenters. The molecule has 0 spiro atoms. The van der Waals surface area contributed by atoms with Crippen LogP contribution in [0.3, 0.4) is 0 Å². The van der Waals surface area contributed by atoms with Crippen molar-refractivity contribution in [2.75, 3.05) is 13.1 Å². The van der Waals surface area contributed by atoms with Crippen molar-refractivity contribution in [1.29, 1.82) is 0 Å². The maximum absolute atomic E-state index is 11.7. The van der Waals surface area contributed by atoms with Crippen molar-refractivity contribution in [2.24, 2.45) is 5.92 Å². The standard InChI is InChI=1S/C18H26N2O3/c21-16(10-14-6-2-1-3-7-14)12-19-18(23)13-20-17(22)11-15-8-4-5-9-15/h1-3,6-7,15-16,21H,4-5,8-13H2,(H,19,23)(H,20,22). The Kier molecular flexibility index (Phi) is 7.07. The Balaban J connectivity index is 1.58. The molecule has 1 aliphatic rings. The molecular formula is C18H26N2O3. The van der Waals surface area contributed by atoms with E-state index in [1.165, 1.54) is 12.8 Å². The number of benzene rings is 1. The van der Waals surface area contributed by atoms with Gasteiger partial charge in [-0.1, -0.05) is 43.2 Å². The van der Waals surface area contributed by atoms with E-state index in [0.717, 1.165) is 18.4 Å². The lowest BCUT2D eigenvalue weighted by atomic mass is 10.0. The van der Waals surface area contributed by atoms with Crippen LogP contribution in [0, 0.1) is 5.92 Å². The molecule has 0 aromatic heterocycles. The maximum atomic E-state index is 11.7. The number of rotatable bonds is 8. The molecule has 5 heteroatoms. The second-order valence-electron chi connectivity index (χ2n) is 6.28. The molecular weight excluding hydrogens is 292 g/mol. The molecule has 2 rings (SSSR count). The summed E-state index contributed by atoms with van der Waals surface area (Å²) in [5, 5.41) is 15.2. The van der Waals surface area contributed by atoms with E-state index in [2.05, 4.69) is 10.6 Å². The average Bonchev–Trinajstić information content (AvgIpc) is 3.05. The lowest BCUT2D eigenvalue weighted by Gasteiger charge is -2.13. The topological polar surface area (TPSA) is 78.4 Å². The summed E-state index contributed by atoms with van der Waals surface area (Å²) in [5.41, 5.74) is 1.03. The fourth-order valence-corrected chi connectivity index (χ4v) is 2.98. The van der Waals surface area contributed by atoms with E-state index in [0.29, 0.717) is 18.8 Å². The second-order valence-corrected chi connectivity index (χ2v) is 6.28. The van der Waals surface area contributed by atoms with Gasteiger partial charge >= 0.3 is 0 Å². The zero-order valence-electron chi connectivity index (χ0n) is 13.5. The van der Waals surface area contributed by atoms with E-state index >= 15 is 0 Å². The van der Waals surface area contributed by atoms with Crippen LogP contribution >= 0.6 is 0 Å². The zero-order chi connectivity index (χ0) is 16.5. The summed E-state index contributed by atoms with van der Waals surface area (Å²) in [5.74, 6) is 0.152. The fourth-order valence-electron chi connectivity index (χ4n) is 2.98. The number of nitrogens with one attached hydrogen (secondary N) is 2. The van der Waals surface area contributed by atoms with E-state index in [9.17, 15) is 14.7 Å². The van der Waals surface area contributed by atoms with Crippen LogP contribution < -0.4 is 10.6 Å². The zero-order valence-corrected chi connectivity index (χ0v) is 13.5. The van der Waals surface area contributed by atoms with Crippen LogP contribution in [0.15, 0.2) is 30.3 Å². The first-order chi connectivity index (χ1) is 11.1. The minimum Gasteiger partial charge on any atom is -0.391 e. The van der Waals surface area contributed by atoms with Gasteiger partial charge in [0.05, 0.1) is 12.6 Å². The molecule has 126 valence electrons. The van der Waals surface area contributed by atoms with Gasteiger partial charge in [-0.3, -0.25) is 9.59 Å². The summed E-state index contributed by atoms with van der Waals surface area (Å²) in [6.45, 7) is 0.163. The van der Waals surface area contributed by atoms with Crippen LogP contribution in [0.1, 0.15) is 37.7 Å². The molecule has 0 radical (unpaired) electrons. The molecule has 1 fully saturated rings. The SMILES string of the molecule is O=C(CNC(=O)CC1CCCC1)NCC(O)Cc1ccccc1. The highest BCUT2D eigenvalue weighted by Gasteiger charge is 2.18. The van der Waals surface area contributed by atoms with Gasteiger partial charge in [-0.2, -0.15) is 0 Å². The number of hydrogen-bond donors (Lipinski definition) is 3. The number of amides is 2. The van der Waals surface area contributed by atoms with E-state index < -0.39 is 6.10 Å². The molecule has 0 saturated heterocycles. The molecule has 2 amide bonds. The summed E-state index contributed by atoms with van der Waals surface area (Å²) in [4.78, 5) is 23.4. The smallest absolute Gasteiger partial charge is 0.239 e. The predicted molar refractivity (Wildman–Crippen MR) is 88.7 cm³/mol. The average molecular weight is 318 g/mol. The van der Waals surface area contributed by atoms with Crippen molar-refractivity contribution in [3.8, 4) is 0 Å². The first-order valence-corrected chi connectivity index (χ1v) is 8.39. The molecule has 3 N–H and O–H groups in total. The highest BCUT2D eigenvalue weighted by atomic mass is 16.3. The number of carbonyl (C=O) groups is 2. The van der Waals surface area contributed by atoms with Gasteiger partial charge in [0.15, 0.2) is 0 Å². The lowest BCUT2D eigenvalue weighted by molar-refractivity contribution is -0.126. The Morgan fingerprint density at radius 3 is 2.48 bits per heavy atom. The fraction of sp³-hybridized carbons (Fsp3) is 0.556. The van der Waals surface area contributed by atoms with Gasteiger partial charge in [0.1, 0.15) is 0 Å². The summed E-state index contributed by atoms with van der Waals surface area (Å²) in [7, 11) is 0. The third kappa shape index (κ3) is 6.82. The molecule has 1 saturated carbocycles. The van der Waals surface area contributed by atoms with E-state index in [-0.39, 0.29) is 24.9 Å². The normalized spacial score (nSPS) is 16.0. The summed E-state index contributed by atoms with van der Waals surface area (Å²) in [6.07, 6.45) is 5.03. The van der Waals surface area contributed by atoms with Gasteiger partial charge in [0.2, 0.25) is 11.8 Å². The maximum Gasteiger partial charge on any atom is 0.239 e. The van der Waals surface area contributed by atoms with Crippen molar-refractivity contribution < 1.29 is 14.7 Å². The monoisotopic (exact) mass is 318 g/mol. The molecule has 0 bridgehead atoms. The van der Waals surface area contributed by atoms with E-state index in [4.69, 9.17) is 0 Å². The van der Waals surface area contributed by atoms with Crippen LogP contribution in [0.2, 0.25) is 0 Å². The van der Waals surface area contributed by atoms with Crippen molar-refractivity contribution in [1.82, 2.24) is 10.6 Å². The predicted octanol–water partition coefficient (Wildman–Crippen LogP) is 1.40. The van der Waals surface area contributed by atoms with Gasteiger partial charge in [-0.05, 0) is 24.3 Å². The first kappa shape index (κ1) is 17.5. The molecule has 23 heavy (non-hydrogen) atoms. The van der Waals surface area contributed by atoms with Gasteiger partial charge in [0, 0.05) is 19.4 Å². The number of carbonyl (C=O) groups excluding carboxylic acids is 2. The molecule has 1 aromatic carbocycles. The number of hydrogen-bond acceptors (Lipinski definition) is 3. The quantitative estimate of drug-likeness (QED) is 0.678. The summed E-state index contributed by atoms with van der Waals surface area (Å²) < 4.78 is 0. The van der Waals surface area contributed by atoms with Crippen molar-refractivity contribution in [2.45, 2.75) is 44.6 Å². The Morgan fingerprint density at radius 2 is 1.78 bits per heavy atom. The van der Waals surface area contributed by atoms with Gasteiger partial charge in [-0.25, -0.2) is 0 Å². The minimum absolute atomic E-state index is 0.0242. The van der Waals surface area contributed by atoms with Gasteiger partial charge in [0.25, 0.3) is 0 Å². The summed E-state index contributed by atoms with van der Waals surface area (Å²) in [6, 6.07) is 9.63. The second kappa shape index (κ2) is 9.30. The van der Waals surface area contributed by atoms with Crippen molar-refractivity contribution >= 4 is 11.8 Å². The first-order valence-electron chi connectivity index (χ1n) is 8.39. The van der Waals surface area contributed by atoms with Crippen LogP contribution in [-0.2, 0) is 16.0 Å². The Hall–Kier alpha value is -1.88. The van der Waals surface area contributed by atoms with E-state index in [1.54, 1.807) is 0 Å². The number of aliphatic hydroxyl groups is 1. The summed E-state index contributed by atoms with van der Waals surface area (Å²) >= 11 is 0. The molecule has 1 aromatic rings. The molecule has 1 atom stereocenters. The molecule has 5 nitrogen and oxygen atoms in total. The molecule has 0 heterocycles. The Labute approximate surface area is 137 Å². The van der Waals surface area contributed by atoms with Crippen molar-refractivity contribution in [3.63, 3.8) is 0 Å². The largest absolute Gasteiger partial charge is 0.391 e. The van der Waals surface area contributed by atoms with Crippen LogP contribution in [-0.4, -0.2) is 36.1 Å². The third-order valence-electron chi connectivity index (χ3n) is 4.24. The molecule has 1 aliphatic carbocycles. The van der Waals surface area contributed by atoms with Crippen LogP contribution in [0.25, 0.3) is 0 Å². The van der Waals surface area contributed by atoms with E-state index in [1.807, 2.05) is 30.3 Å². The molecule has 0 aliphatic heterocycles. The number of aliphatic hydroxyl groups excluding tert-OH is 1. The third-order valence-corrected chi connectivity index (χ3v) is 4.24. The van der Waals surface area contributed by atoms with Crippen molar-refractivity contribution in [3.05, 3.63) is 35.9 Å².